The molecule has 0 atom stereocenters. The Morgan fingerprint density at radius 1 is 1.21 bits per heavy atom. The first-order valence-electron chi connectivity index (χ1n) is 4.58. The molecule has 9 heteroatoms. The number of carboxylic acid groups (broad SMARTS) is 2. The fourth-order valence-electron chi connectivity index (χ4n) is 0.988. The molecule has 6 nitrogen and oxygen atoms in total. The number of aromatic nitrogens is 1. The number of benzene rings is 1. The largest absolute Gasteiger partial charge is 0.490 e. The average molecular weight is 277 g/mol. The van der Waals surface area contributed by atoms with Gasteiger partial charge in [-0.05, 0) is 18.2 Å². The third kappa shape index (κ3) is 3.98. The van der Waals surface area contributed by atoms with E-state index in [4.69, 9.17) is 19.4 Å². The van der Waals surface area contributed by atoms with Crippen molar-refractivity contribution in [3.05, 3.63) is 30.2 Å². The highest BCUT2D eigenvalue weighted by Crippen LogP contribution is 2.14. The summed E-state index contributed by atoms with van der Waals surface area (Å²) in [7, 11) is 0. The van der Waals surface area contributed by atoms with Crippen LogP contribution in [0.5, 0.6) is 0 Å². The van der Waals surface area contributed by atoms with Gasteiger partial charge in [0.2, 0.25) is 0 Å². The highest BCUT2D eigenvalue weighted by molar-refractivity contribution is 5.91. The minimum atomic E-state index is -5.08. The summed E-state index contributed by atoms with van der Waals surface area (Å²) in [5, 5.41) is 15.7. The summed E-state index contributed by atoms with van der Waals surface area (Å²) >= 11 is 0. The molecule has 2 aromatic rings. The fraction of sp³-hybridized carbons (Fsp3) is 0.100. The Balaban J connectivity index is 0.000000224. The van der Waals surface area contributed by atoms with E-state index in [1.54, 1.807) is 6.07 Å². The van der Waals surface area contributed by atoms with Gasteiger partial charge in [-0.2, -0.15) is 13.2 Å². The first-order chi connectivity index (χ1) is 8.71. The monoisotopic (exact) mass is 277 g/mol. The number of nitrogens with zero attached hydrogens (tertiary/aromatic N) is 1. The second kappa shape index (κ2) is 5.38. The van der Waals surface area contributed by atoms with E-state index in [1.165, 1.54) is 18.5 Å². The van der Waals surface area contributed by atoms with Crippen LogP contribution in [0.25, 0.3) is 11.1 Å². The summed E-state index contributed by atoms with van der Waals surface area (Å²) in [4.78, 5) is 23.3. The SMILES string of the molecule is O=C(O)C(F)(F)F.O=C(O)c1ccc2ncoc2c1. The molecule has 0 radical (unpaired) electrons. The molecule has 102 valence electrons. The zero-order chi connectivity index (χ0) is 14.6. The lowest BCUT2D eigenvalue weighted by molar-refractivity contribution is -0.192. The maximum absolute atomic E-state index is 10.6. The number of carboxylic acids is 2. The number of aromatic carboxylic acids is 1. The molecule has 1 heterocycles. The van der Waals surface area contributed by atoms with Crippen molar-refractivity contribution in [3.63, 3.8) is 0 Å². The lowest BCUT2D eigenvalue weighted by atomic mass is 10.2. The summed E-state index contributed by atoms with van der Waals surface area (Å²) in [6.45, 7) is 0. The Morgan fingerprint density at radius 2 is 1.79 bits per heavy atom. The van der Waals surface area contributed by atoms with Crippen LogP contribution in [0.3, 0.4) is 0 Å². The van der Waals surface area contributed by atoms with Crippen LogP contribution < -0.4 is 0 Å². The number of aliphatic carboxylic acids is 1. The Hall–Kier alpha value is -2.58. The van der Waals surface area contributed by atoms with Gasteiger partial charge in [-0.1, -0.05) is 0 Å². The number of halogens is 3. The molecule has 0 unspecified atom stereocenters. The molecule has 0 saturated heterocycles. The molecule has 1 aromatic carbocycles. The van der Waals surface area contributed by atoms with Gasteiger partial charge in [-0.25, -0.2) is 14.6 Å². The molecule has 19 heavy (non-hydrogen) atoms. The van der Waals surface area contributed by atoms with E-state index in [1.807, 2.05) is 0 Å². The maximum Gasteiger partial charge on any atom is 0.490 e. The molecule has 1 aromatic heterocycles. The summed E-state index contributed by atoms with van der Waals surface area (Å²) in [6.07, 6.45) is -3.80. The Kier molecular flexibility index (Phi) is 4.10. The molecule has 0 fully saturated rings. The minimum Gasteiger partial charge on any atom is -0.478 e. The molecule has 2 N–H and O–H groups in total. The van der Waals surface area contributed by atoms with Crippen LogP contribution in [0.1, 0.15) is 10.4 Å². The third-order valence-electron chi connectivity index (χ3n) is 1.82. The molecule has 0 aliphatic carbocycles. The van der Waals surface area contributed by atoms with Crippen molar-refractivity contribution in [3.8, 4) is 0 Å². The van der Waals surface area contributed by atoms with Gasteiger partial charge in [0.15, 0.2) is 12.0 Å². The standard InChI is InChI=1S/C8H5NO3.C2HF3O2/c10-8(11)5-1-2-6-7(3-5)12-4-9-6;3-2(4,5)1(6)7/h1-4H,(H,10,11);(H,6,7). The first kappa shape index (κ1) is 14.5. The van der Waals surface area contributed by atoms with Crippen LogP contribution in [0, 0.1) is 0 Å². The topological polar surface area (TPSA) is 101 Å². The van der Waals surface area contributed by atoms with E-state index in [9.17, 15) is 18.0 Å². The predicted octanol–water partition coefficient (Wildman–Crippen LogP) is 2.16. The molecular formula is C10H6F3NO5. The Bertz CT molecular complexity index is 604. The van der Waals surface area contributed by atoms with E-state index in [0.717, 1.165) is 0 Å². The number of fused-ring (bicyclic) bond motifs is 1. The van der Waals surface area contributed by atoms with Crippen molar-refractivity contribution >= 4 is 23.0 Å². The number of carbonyl (C=O) groups is 2. The van der Waals surface area contributed by atoms with Crippen LogP contribution in [0.15, 0.2) is 29.0 Å². The highest BCUT2D eigenvalue weighted by Gasteiger charge is 2.38. The number of alkyl halides is 3. The minimum absolute atomic E-state index is 0.208. The Morgan fingerprint density at radius 3 is 2.26 bits per heavy atom. The lowest BCUT2D eigenvalue weighted by Gasteiger charge is -1.93. The van der Waals surface area contributed by atoms with Gasteiger partial charge in [0.05, 0.1) is 5.56 Å². The fourth-order valence-corrected chi connectivity index (χ4v) is 0.988. The zero-order valence-corrected chi connectivity index (χ0v) is 9.01. The van der Waals surface area contributed by atoms with Crippen LogP contribution in [0.2, 0.25) is 0 Å². The highest BCUT2D eigenvalue weighted by atomic mass is 19.4. The number of rotatable bonds is 1. The Labute approximate surface area is 103 Å². The normalized spacial score (nSPS) is 10.7. The maximum atomic E-state index is 10.6. The third-order valence-corrected chi connectivity index (χ3v) is 1.82. The molecule has 0 bridgehead atoms. The lowest BCUT2D eigenvalue weighted by Crippen LogP contribution is -2.21. The van der Waals surface area contributed by atoms with Gasteiger partial charge >= 0.3 is 18.1 Å². The van der Waals surface area contributed by atoms with Gasteiger partial charge in [-0.3, -0.25) is 0 Å². The molecule has 0 saturated carbocycles. The number of oxazole rings is 1. The van der Waals surface area contributed by atoms with Crippen LogP contribution in [-0.2, 0) is 4.79 Å². The molecule has 0 spiro atoms. The van der Waals surface area contributed by atoms with Crippen LogP contribution in [0.4, 0.5) is 13.2 Å². The smallest absolute Gasteiger partial charge is 0.478 e. The van der Waals surface area contributed by atoms with Gasteiger partial charge in [-0.15, -0.1) is 0 Å². The van der Waals surface area contributed by atoms with Crippen molar-refractivity contribution in [2.24, 2.45) is 0 Å². The molecular weight excluding hydrogens is 271 g/mol. The summed E-state index contributed by atoms with van der Waals surface area (Å²) < 4.78 is 36.7. The summed E-state index contributed by atoms with van der Waals surface area (Å²) in [5.41, 5.74) is 1.37. The van der Waals surface area contributed by atoms with E-state index in [0.29, 0.717) is 11.1 Å². The number of hydrogen-bond acceptors (Lipinski definition) is 4. The van der Waals surface area contributed by atoms with E-state index >= 15 is 0 Å². The van der Waals surface area contributed by atoms with Crippen molar-refractivity contribution in [1.82, 2.24) is 4.98 Å². The quantitative estimate of drug-likeness (QED) is 0.828. The second-order valence-corrected chi connectivity index (χ2v) is 3.14. The van der Waals surface area contributed by atoms with E-state index in [2.05, 4.69) is 4.98 Å². The summed E-state index contributed by atoms with van der Waals surface area (Å²) in [5.74, 6) is -3.72. The second-order valence-electron chi connectivity index (χ2n) is 3.14. The number of hydrogen-bond donors (Lipinski definition) is 2. The van der Waals surface area contributed by atoms with E-state index in [-0.39, 0.29) is 5.56 Å². The van der Waals surface area contributed by atoms with Crippen LogP contribution >= 0.6 is 0 Å². The first-order valence-corrected chi connectivity index (χ1v) is 4.58. The predicted molar refractivity (Wildman–Crippen MR) is 54.7 cm³/mol. The van der Waals surface area contributed by atoms with Crippen molar-refractivity contribution in [2.75, 3.05) is 0 Å². The van der Waals surface area contributed by atoms with Gasteiger partial charge < -0.3 is 14.6 Å². The van der Waals surface area contributed by atoms with Gasteiger partial charge in [0.25, 0.3) is 0 Å². The molecule has 0 aliphatic rings. The molecule has 0 amide bonds. The van der Waals surface area contributed by atoms with Crippen molar-refractivity contribution in [1.29, 1.82) is 0 Å². The van der Waals surface area contributed by atoms with Crippen molar-refractivity contribution in [2.45, 2.75) is 6.18 Å². The average Bonchev–Trinajstić information content (AvgIpc) is 2.74. The van der Waals surface area contributed by atoms with Gasteiger partial charge in [0.1, 0.15) is 5.52 Å². The van der Waals surface area contributed by atoms with E-state index < -0.39 is 18.1 Å². The summed E-state index contributed by atoms with van der Waals surface area (Å²) in [6, 6.07) is 4.56. The zero-order valence-electron chi connectivity index (χ0n) is 9.01. The van der Waals surface area contributed by atoms with Crippen LogP contribution in [-0.4, -0.2) is 33.3 Å². The van der Waals surface area contributed by atoms with Crippen molar-refractivity contribution < 1.29 is 37.4 Å². The van der Waals surface area contributed by atoms with Gasteiger partial charge in [0, 0.05) is 0 Å². The molecule has 2 rings (SSSR count). The molecule has 0 aliphatic heterocycles.